The van der Waals surface area contributed by atoms with E-state index in [0.29, 0.717) is 11.5 Å². The molecule has 9 nitrogen and oxygen atoms in total. The molecule has 0 saturated heterocycles. The van der Waals surface area contributed by atoms with Crippen LogP contribution in [0.2, 0.25) is 0 Å². The first-order valence-corrected chi connectivity index (χ1v) is 18.6. The number of ether oxygens (including phenoxy) is 2. The normalized spacial score (nSPS) is 14.0. The predicted octanol–water partition coefficient (Wildman–Crippen LogP) is 6.75. The molecule has 4 aromatic carbocycles. The molecule has 1 atom stereocenters. The van der Waals surface area contributed by atoms with Crippen LogP contribution in [0.15, 0.2) is 112 Å². The third-order valence-electron chi connectivity index (χ3n) is 8.75. The Morgan fingerprint density at radius 2 is 1.45 bits per heavy atom. The van der Waals surface area contributed by atoms with Crippen LogP contribution >= 0.6 is 15.9 Å². The second-order valence-electron chi connectivity index (χ2n) is 12.1. The molecular formula is C38H42BrN3O6S. The minimum atomic E-state index is -4.25. The highest BCUT2D eigenvalue weighted by Gasteiger charge is 2.35. The van der Waals surface area contributed by atoms with Gasteiger partial charge in [0.25, 0.3) is 10.0 Å². The Morgan fingerprint density at radius 1 is 0.816 bits per heavy atom. The minimum absolute atomic E-state index is 0.0193. The number of sulfonamides is 1. The van der Waals surface area contributed by atoms with Crippen molar-refractivity contribution >= 4 is 43.5 Å². The fourth-order valence-corrected chi connectivity index (χ4v) is 7.80. The number of carbonyl (C=O) groups is 2. The van der Waals surface area contributed by atoms with Crippen LogP contribution in [0.25, 0.3) is 0 Å². The summed E-state index contributed by atoms with van der Waals surface area (Å²) < 4.78 is 41.4. The molecule has 0 aliphatic heterocycles. The van der Waals surface area contributed by atoms with Gasteiger partial charge in [-0.3, -0.25) is 13.9 Å². The molecular weight excluding hydrogens is 706 g/mol. The molecule has 1 aliphatic rings. The summed E-state index contributed by atoms with van der Waals surface area (Å²) in [5.41, 5.74) is 1.89. The van der Waals surface area contributed by atoms with Gasteiger partial charge >= 0.3 is 0 Å². The summed E-state index contributed by atoms with van der Waals surface area (Å²) in [7, 11) is -1.30. The minimum Gasteiger partial charge on any atom is -0.493 e. The smallest absolute Gasteiger partial charge is 0.264 e. The van der Waals surface area contributed by atoms with E-state index in [4.69, 9.17) is 9.47 Å². The standard InChI is InChI=1S/C38H42BrN3O6S/c1-47-35-23-22-32(25-36(35)48-2)42(49(45,46)33-16-10-5-11-17-33)27-37(43)41(26-29-18-20-30(39)21-19-29)34(24-28-12-6-3-7-13-28)38(44)40-31-14-8-4-9-15-31/h3,5-7,10-13,16-23,25,31,34H,4,8-9,14-15,24,26-27H2,1-2H3,(H,40,44)/t34-/m0/s1. The highest BCUT2D eigenvalue weighted by Crippen LogP contribution is 2.34. The number of nitrogens with one attached hydrogen (secondary N) is 1. The second kappa shape index (κ2) is 16.8. The highest BCUT2D eigenvalue weighted by molar-refractivity contribution is 9.10. The summed E-state index contributed by atoms with van der Waals surface area (Å²) in [4.78, 5) is 30.6. The van der Waals surface area contributed by atoms with Crippen LogP contribution in [-0.2, 0) is 32.6 Å². The molecule has 1 saturated carbocycles. The number of nitrogens with zero attached hydrogens (tertiary/aromatic N) is 2. The van der Waals surface area contributed by atoms with Gasteiger partial charge < -0.3 is 19.7 Å². The zero-order valence-corrected chi connectivity index (χ0v) is 30.2. The predicted molar refractivity (Wildman–Crippen MR) is 194 cm³/mol. The number of halogens is 1. The largest absolute Gasteiger partial charge is 0.493 e. The maximum absolute atomic E-state index is 14.8. The fraction of sp³-hybridized carbons (Fsp3) is 0.316. The fourth-order valence-electron chi connectivity index (χ4n) is 6.11. The van der Waals surface area contributed by atoms with Crippen LogP contribution in [0.1, 0.15) is 43.2 Å². The molecule has 11 heteroatoms. The van der Waals surface area contributed by atoms with Crippen molar-refractivity contribution < 1.29 is 27.5 Å². The van der Waals surface area contributed by atoms with Gasteiger partial charge in [0.1, 0.15) is 12.6 Å². The molecule has 1 fully saturated rings. The number of methoxy groups -OCH3 is 2. The van der Waals surface area contributed by atoms with E-state index in [-0.39, 0.29) is 35.5 Å². The van der Waals surface area contributed by atoms with Crippen LogP contribution in [-0.4, -0.2) is 58.0 Å². The second-order valence-corrected chi connectivity index (χ2v) is 14.8. The highest BCUT2D eigenvalue weighted by atomic mass is 79.9. The maximum Gasteiger partial charge on any atom is 0.264 e. The molecule has 1 N–H and O–H groups in total. The van der Waals surface area contributed by atoms with Gasteiger partial charge in [0.15, 0.2) is 11.5 Å². The first-order chi connectivity index (χ1) is 23.7. The van der Waals surface area contributed by atoms with Crippen molar-refractivity contribution in [2.24, 2.45) is 0 Å². The van der Waals surface area contributed by atoms with E-state index in [1.807, 2.05) is 54.6 Å². The molecule has 258 valence electrons. The lowest BCUT2D eigenvalue weighted by molar-refractivity contribution is -0.140. The molecule has 49 heavy (non-hydrogen) atoms. The van der Waals surface area contributed by atoms with Gasteiger partial charge in [-0.2, -0.15) is 0 Å². The third kappa shape index (κ3) is 9.21. The quantitative estimate of drug-likeness (QED) is 0.153. The Hall–Kier alpha value is -4.35. The Kier molecular flexibility index (Phi) is 12.4. The SMILES string of the molecule is COc1ccc(N(CC(=O)N(Cc2ccc(Br)cc2)[C@@H](Cc2ccccc2)C(=O)NC2CCCCC2)S(=O)(=O)c2ccccc2)cc1OC. The van der Waals surface area contributed by atoms with E-state index >= 15 is 0 Å². The number of hydrogen-bond donors (Lipinski definition) is 1. The van der Waals surface area contributed by atoms with Crippen molar-refractivity contribution in [1.29, 1.82) is 0 Å². The monoisotopic (exact) mass is 747 g/mol. The molecule has 2 amide bonds. The van der Waals surface area contributed by atoms with E-state index < -0.39 is 28.5 Å². The lowest BCUT2D eigenvalue weighted by Gasteiger charge is -2.35. The van der Waals surface area contributed by atoms with Gasteiger partial charge in [0.05, 0.1) is 24.8 Å². The van der Waals surface area contributed by atoms with Gasteiger partial charge in [-0.05, 0) is 60.4 Å². The van der Waals surface area contributed by atoms with E-state index in [1.165, 1.54) is 37.3 Å². The van der Waals surface area contributed by atoms with Crippen molar-refractivity contribution in [3.05, 3.63) is 119 Å². The third-order valence-corrected chi connectivity index (χ3v) is 11.1. The molecule has 0 bridgehead atoms. The summed E-state index contributed by atoms with van der Waals surface area (Å²) in [5, 5.41) is 3.24. The number of hydrogen-bond acceptors (Lipinski definition) is 6. The maximum atomic E-state index is 14.8. The van der Waals surface area contributed by atoms with Gasteiger partial charge in [-0.15, -0.1) is 0 Å². The zero-order chi connectivity index (χ0) is 34.8. The van der Waals surface area contributed by atoms with E-state index in [9.17, 15) is 18.0 Å². The summed E-state index contributed by atoms with van der Waals surface area (Å²) in [6.45, 7) is -0.474. The molecule has 0 heterocycles. The van der Waals surface area contributed by atoms with Crippen molar-refractivity contribution in [2.45, 2.75) is 62.0 Å². The van der Waals surface area contributed by atoms with Crippen LogP contribution in [0, 0.1) is 0 Å². The lowest BCUT2D eigenvalue weighted by atomic mass is 9.94. The summed E-state index contributed by atoms with van der Waals surface area (Å²) >= 11 is 3.48. The Balaban J connectivity index is 1.58. The lowest BCUT2D eigenvalue weighted by Crippen LogP contribution is -2.55. The summed E-state index contributed by atoms with van der Waals surface area (Å²) in [6, 6.07) is 28.9. The van der Waals surface area contributed by atoms with Crippen molar-refractivity contribution in [2.75, 3.05) is 25.1 Å². The van der Waals surface area contributed by atoms with Crippen molar-refractivity contribution in [3.63, 3.8) is 0 Å². The average molecular weight is 749 g/mol. The van der Waals surface area contributed by atoms with Gasteiger partial charge in [-0.25, -0.2) is 8.42 Å². The Morgan fingerprint density at radius 3 is 2.08 bits per heavy atom. The van der Waals surface area contributed by atoms with Crippen LogP contribution in [0.5, 0.6) is 11.5 Å². The molecule has 0 unspecified atom stereocenters. The summed E-state index contributed by atoms with van der Waals surface area (Å²) in [5.74, 6) is -0.0724. The molecule has 5 rings (SSSR count). The Labute approximate surface area is 297 Å². The van der Waals surface area contributed by atoms with Crippen LogP contribution in [0.3, 0.4) is 0 Å². The number of anilines is 1. The van der Waals surface area contributed by atoms with Crippen molar-refractivity contribution in [3.8, 4) is 11.5 Å². The molecule has 0 radical (unpaired) electrons. The molecule has 4 aromatic rings. The number of rotatable bonds is 14. The molecule has 0 spiro atoms. The first kappa shape index (κ1) is 35.9. The van der Waals surface area contributed by atoms with Crippen LogP contribution in [0.4, 0.5) is 5.69 Å². The van der Waals surface area contributed by atoms with E-state index in [0.717, 1.165) is 52.0 Å². The van der Waals surface area contributed by atoms with E-state index in [1.54, 1.807) is 30.3 Å². The topological polar surface area (TPSA) is 105 Å². The number of carbonyl (C=O) groups excluding carboxylic acids is 2. The van der Waals surface area contributed by atoms with E-state index in [2.05, 4.69) is 21.2 Å². The van der Waals surface area contributed by atoms with Crippen molar-refractivity contribution in [1.82, 2.24) is 10.2 Å². The van der Waals surface area contributed by atoms with Crippen LogP contribution < -0.4 is 19.1 Å². The molecule has 0 aromatic heterocycles. The van der Waals surface area contributed by atoms with Gasteiger partial charge in [0, 0.05) is 29.5 Å². The van der Waals surface area contributed by atoms with Gasteiger partial charge in [-0.1, -0.05) is 95.9 Å². The van der Waals surface area contributed by atoms with Gasteiger partial charge in [0.2, 0.25) is 11.8 Å². The number of benzene rings is 4. The first-order valence-electron chi connectivity index (χ1n) is 16.4. The average Bonchev–Trinajstić information content (AvgIpc) is 3.13. The number of amides is 2. The summed E-state index contributed by atoms with van der Waals surface area (Å²) in [6.07, 6.45) is 5.22. The zero-order valence-electron chi connectivity index (χ0n) is 27.8. The Bertz CT molecular complexity index is 1800. The molecule has 1 aliphatic carbocycles.